The average molecular weight is 387 g/mol. The highest BCUT2D eigenvalue weighted by atomic mass is 35.5. The summed E-state index contributed by atoms with van der Waals surface area (Å²) in [5.74, 6) is -26.2. The van der Waals surface area contributed by atoms with Crippen molar-refractivity contribution < 1.29 is 44.6 Å². The minimum Gasteiger partial charge on any atom is -0.388 e. The third-order valence-electron chi connectivity index (χ3n) is 3.92. The molecule has 0 saturated heterocycles. The Morgan fingerprint density at radius 1 is 0.792 bits per heavy atom. The molecule has 1 fully saturated rings. The highest BCUT2D eigenvalue weighted by Crippen LogP contribution is 2.70. The van der Waals surface area contributed by atoms with Crippen LogP contribution in [-0.2, 0) is 0 Å². The van der Waals surface area contributed by atoms with Crippen molar-refractivity contribution in [1.82, 2.24) is 0 Å². The zero-order valence-electron chi connectivity index (χ0n) is 11.3. The maximum atomic E-state index is 14.3. The summed E-state index contributed by atoms with van der Waals surface area (Å²) in [7, 11) is 0. The second kappa shape index (κ2) is 5.17. The Morgan fingerprint density at radius 3 is 1.62 bits per heavy atom. The Hall–Kier alpha value is -1.16. The van der Waals surface area contributed by atoms with E-state index in [1.54, 1.807) is 0 Å². The van der Waals surface area contributed by atoms with Gasteiger partial charge in [-0.05, 0) is 11.6 Å². The van der Waals surface area contributed by atoms with E-state index in [-0.39, 0.29) is 5.02 Å². The van der Waals surface area contributed by atoms with Crippen LogP contribution in [0.15, 0.2) is 24.3 Å². The number of alkyl halides is 9. The van der Waals surface area contributed by atoms with Crippen LogP contribution in [0.25, 0.3) is 0 Å². The maximum absolute atomic E-state index is 14.3. The van der Waals surface area contributed by atoms with Crippen molar-refractivity contribution in [2.75, 3.05) is 0 Å². The van der Waals surface area contributed by atoms with Gasteiger partial charge in [-0.3, -0.25) is 0 Å². The van der Waals surface area contributed by atoms with Gasteiger partial charge < -0.3 is 5.11 Å². The Balaban J connectivity index is 2.53. The fraction of sp³-hybridized carbons (Fsp3) is 0.538. The lowest BCUT2D eigenvalue weighted by molar-refractivity contribution is -0.303. The van der Waals surface area contributed by atoms with Crippen LogP contribution < -0.4 is 0 Å². The van der Waals surface area contributed by atoms with Crippen LogP contribution in [0.1, 0.15) is 18.1 Å². The van der Waals surface area contributed by atoms with E-state index < -0.39 is 47.4 Å². The second-order valence-electron chi connectivity index (χ2n) is 5.34. The number of halogens is 10. The highest BCUT2D eigenvalue weighted by molar-refractivity contribution is 6.31. The van der Waals surface area contributed by atoms with Crippen molar-refractivity contribution in [2.24, 2.45) is 0 Å². The van der Waals surface area contributed by atoms with Crippen molar-refractivity contribution in [1.29, 1.82) is 0 Å². The molecule has 0 spiro atoms. The lowest BCUT2D eigenvalue weighted by Gasteiger charge is -2.32. The molecule has 2 rings (SSSR count). The van der Waals surface area contributed by atoms with E-state index in [4.69, 9.17) is 11.6 Å². The lowest BCUT2D eigenvalue weighted by Crippen LogP contribution is -2.55. The van der Waals surface area contributed by atoms with E-state index in [1.165, 1.54) is 6.07 Å². The van der Waals surface area contributed by atoms with Gasteiger partial charge in [-0.2, -0.15) is 35.1 Å². The largest absolute Gasteiger partial charge is 0.388 e. The van der Waals surface area contributed by atoms with Gasteiger partial charge in [0.15, 0.2) is 0 Å². The molecule has 1 aromatic carbocycles. The molecule has 0 radical (unpaired) electrons. The summed E-state index contributed by atoms with van der Waals surface area (Å²) in [6, 6.07) is 4.42. The molecule has 0 heterocycles. The van der Waals surface area contributed by atoms with Crippen molar-refractivity contribution in [3.63, 3.8) is 0 Å². The molecule has 0 bridgehead atoms. The predicted octanol–water partition coefficient (Wildman–Crippen LogP) is 5.03. The molecule has 1 atom stereocenters. The van der Waals surface area contributed by atoms with Crippen molar-refractivity contribution in [2.45, 2.75) is 41.9 Å². The third kappa shape index (κ3) is 2.01. The van der Waals surface area contributed by atoms with Crippen LogP contribution in [0.2, 0.25) is 5.02 Å². The monoisotopic (exact) mass is 386 g/mol. The lowest BCUT2D eigenvalue weighted by atomic mass is 9.88. The second-order valence-corrected chi connectivity index (χ2v) is 5.75. The van der Waals surface area contributed by atoms with Crippen molar-refractivity contribution >= 4 is 11.6 Å². The van der Waals surface area contributed by atoms with Crippen molar-refractivity contribution in [3.05, 3.63) is 34.9 Å². The number of rotatable bonds is 3. The van der Waals surface area contributed by atoms with Crippen LogP contribution >= 0.6 is 11.6 Å². The first-order valence-electron chi connectivity index (χ1n) is 6.28. The SMILES string of the molecule is OC(CC1(F)C(F)(F)C(F)(F)C(F)(F)C1(F)F)c1ccccc1Cl. The van der Waals surface area contributed by atoms with E-state index >= 15 is 0 Å². The third-order valence-corrected chi connectivity index (χ3v) is 4.26. The summed E-state index contributed by atoms with van der Waals surface area (Å²) >= 11 is 5.55. The fourth-order valence-electron chi connectivity index (χ4n) is 2.47. The molecule has 1 N–H and O–H groups in total. The van der Waals surface area contributed by atoms with Gasteiger partial charge in [0.25, 0.3) is 5.67 Å². The van der Waals surface area contributed by atoms with Gasteiger partial charge in [0.2, 0.25) is 0 Å². The Labute approximate surface area is 134 Å². The normalized spacial score (nSPS) is 27.0. The van der Waals surface area contributed by atoms with E-state index in [1.807, 2.05) is 0 Å². The summed E-state index contributed by atoms with van der Waals surface area (Å²) in [5.41, 5.74) is -6.26. The molecule has 1 aliphatic rings. The maximum Gasteiger partial charge on any atom is 0.381 e. The Bertz CT molecular complexity index is 620. The van der Waals surface area contributed by atoms with Gasteiger partial charge in [0.05, 0.1) is 6.10 Å². The van der Waals surface area contributed by atoms with E-state index in [9.17, 15) is 44.6 Å². The van der Waals surface area contributed by atoms with Gasteiger partial charge >= 0.3 is 23.7 Å². The minimum absolute atomic E-state index is 0.378. The van der Waals surface area contributed by atoms with Crippen LogP contribution in [0.3, 0.4) is 0 Å². The molecule has 1 unspecified atom stereocenters. The van der Waals surface area contributed by atoms with Crippen molar-refractivity contribution in [3.8, 4) is 0 Å². The number of aliphatic hydroxyl groups excluding tert-OH is 1. The molecular weight excluding hydrogens is 379 g/mol. The number of hydrogen-bond donors (Lipinski definition) is 1. The van der Waals surface area contributed by atoms with Gasteiger partial charge in [0.1, 0.15) is 0 Å². The molecule has 1 nitrogen and oxygen atoms in total. The first kappa shape index (κ1) is 19.2. The Kier molecular flexibility index (Phi) is 4.13. The molecule has 136 valence electrons. The molecule has 11 heteroatoms. The van der Waals surface area contributed by atoms with E-state index in [0.717, 1.165) is 18.2 Å². The van der Waals surface area contributed by atoms with E-state index in [2.05, 4.69) is 0 Å². The molecule has 0 aliphatic heterocycles. The minimum atomic E-state index is -6.65. The first-order chi connectivity index (χ1) is 10.6. The first-order valence-corrected chi connectivity index (χ1v) is 6.65. The average Bonchev–Trinajstić information content (AvgIpc) is 2.50. The summed E-state index contributed by atoms with van der Waals surface area (Å²) < 4.78 is 121. The topological polar surface area (TPSA) is 20.2 Å². The fourth-order valence-corrected chi connectivity index (χ4v) is 2.73. The molecule has 1 aliphatic carbocycles. The van der Waals surface area contributed by atoms with Gasteiger partial charge in [-0.1, -0.05) is 29.8 Å². The van der Waals surface area contributed by atoms with Crippen LogP contribution in [0.4, 0.5) is 39.5 Å². The van der Waals surface area contributed by atoms with Gasteiger partial charge in [0, 0.05) is 11.4 Å². The summed E-state index contributed by atoms with van der Waals surface area (Å²) in [6.07, 6.45) is -4.97. The van der Waals surface area contributed by atoms with Gasteiger partial charge in [-0.25, -0.2) is 4.39 Å². The Morgan fingerprint density at radius 2 is 1.21 bits per heavy atom. The molecule has 0 aromatic heterocycles. The molecule has 24 heavy (non-hydrogen) atoms. The van der Waals surface area contributed by atoms with Gasteiger partial charge in [-0.15, -0.1) is 0 Å². The van der Waals surface area contributed by atoms with Crippen LogP contribution in [0.5, 0.6) is 0 Å². The smallest absolute Gasteiger partial charge is 0.381 e. The number of aliphatic hydroxyl groups is 1. The zero-order valence-corrected chi connectivity index (χ0v) is 12.1. The molecule has 0 amide bonds. The summed E-state index contributed by atoms with van der Waals surface area (Å²) in [5, 5.41) is 9.27. The quantitative estimate of drug-likeness (QED) is 0.723. The predicted molar refractivity (Wildman–Crippen MR) is 64.7 cm³/mol. The number of benzene rings is 1. The zero-order chi connectivity index (χ0) is 18.8. The molecular formula is C13H8ClF9O. The standard InChI is InChI=1S/C13H8ClF9O/c14-7-4-2-1-3-6(7)8(24)5-9(15)10(16,17)12(20,21)13(22,23)11(9,18)19/h1-4,8,24H,5H2. The van der Waals surface area contributed by atoms with Crippen LogP contribution in [0, 0.1) is 0 Å². The summed E-state index contributed by atoms with van der Waals surface area (Å²) in [4.78, 5) is 0. The molecule has 1 saturated carbocycles. The highest BCUT2D eigenvalue weighted by Gasteiger charge is 3.00. The summed E-state index contributed by atoms with van der Waals surface area (Å²) in [6.45, 7) is 0. The van der Waals surface area contributed by atoms with E-state index in [0.29, 0.717) is 0 Å². The van der Waals surface area contributed by atoms with Crippen LogP contribution in [-0.4, -0.2) is 34.5 Å². The number of hydrogen-bond acceptors (Lipinski definition) is 1. The molecule has 1 aromatic rings.